The van der Waals surface area contributed by atoms with Crippen LogP contribution in [0.5, 0.6) is 0 Å². The lowest BCUT2D eigenvalue weighted by Crippen LogP contribution is -2.28. The molecule has 2 N–H and O–H groups in total. The van der Waals surface area contributed by atoms with Crippen molar-refractivity contribution in [1.29, 1.82) is 0 Å². The number of nitrogens with one attached hydrogen (secondary N) is 1. The van der Waals surface area contributed by atoms with Crippen LogP contribution >= 0.6 is 15.9 Å². The third-order valence-corrected chi connectivity index (χ3v) is 2.78. The van der Waals surface area contributed by atoms with E-state index in [0.717, 1.165) is 6.42 Å². The molecule has 0 fully saturated rings. The van der Waals surface area contributed by atoms with E-state index in [0.29, 0.717) is 16.6 Å². The molecular weight excluding hydrogens is 277 g/mol. The molecule has 0 amide bonds. The van der Waals surface area contributed by atoms with E-state index in [2.05, 4.69) is 21.2 Å². The van der Waals surface area contributed by atoms with E-state index in [4.69, 9.17) is 5.11 Å². The first-order valence-electron chi connectivity index (χ1n) is 4.99. The second kappa shape index (κ2) is 5.84. The number of aliphatic carboxylic acids is 1. The van der Waals surface area contributed by atoms with Crippen LogP contribution in [-0.4, -0.2) is 17.1 Å². The average Bonchev–Trinajstić information content (AvgIpc) is 2.22. The predicted octanol–water partition coefficient (Wildman–Crippen LogP) is 3.25. The molecule has 0 bridgehead atoms. The van der Waals surface area contributed by atoms with Crippen LogP contribution in [0.1, 0.15) is 19.8 Å². The summed E-state index contributed by atoms with van der Waals surface area (Å²) in [6, 6.07) is 3.78. The Hall–Kier alpha value is -1.10. The van der Waals surface area contributed by atoms with Crippen molar-refractivity contribution in [2.24, 2.45) is 0 Å². The van der Waals surface area contributed by atoms with Crippen LogP contribution in [0.3, 0.4) is 0 Å². The molecule has 16 heavy (non-hydrogen) atoms. The van der Waals surface area contributed by atoms with E-state index >= 15 is 0 Å². The Morgan fingerprint density at radius 1 is 1.62 bits per heavy atom. The number of hydrogen-bond donors (Lipinski definition) is 2. The van der Waals surface area contributed by atoms with E-state index in [1.165, 1.54) is 6.07 Å². The van der Waals surface area contributed by atoms with Gasteiger partial charge in [0.05, 0.1) is 4.47 Å². The number of hydrogen-bond acceptors (Lipinski definition) is 2. The number of anilines is 1. The molecule has 0 saturated carbocycles. The molecule has 1 atom stereocenters. The highest BCUT2D eigenvalue weighted by atomic mass is 79.9. The summed E-state index contributed by atoms with van der Waals surface area (Å²) in [5, 5.41) is 11.7. The van der Waals surface area contributed by atoms with Crippen LogP contribution in [0.25, 0.3) is 0 Å². The molecule has 1 rings (SSSR count). The first kappa shape index (κ1) is 13.0. The van der Waals surface area contributed by atoms with Crippen molar-refractivity contribution >= 4 is 27.6 Å². The lowest BCUT2D eigenvalue weighted by molar-refractivity contribution is -0.138. The minimum atomic E-state index is -0.926. The molecule has 5 heteroatoms. The second-order valence-electron chi connectivity index (χ2n) is 3.45. The second-order valence-corrected chi connectivity index (χ2v) is 4.31. The zero-order valence-corrected chi connectivity index (χ0v) is 10.4. The van der Waals surface area contributed by atoms with Gasteiger partial charge in [0.25, 0.3) is 0 Å². The van der Waals surface area contributed by atoms with E-state index < -0.39 is 17.8 Å². The lowest BCUT2D eigenvalue weighted by atomic mass is 10.1. The fraction of sp³-hybridized carbons (Fsp3) is 0.364. The van der Waals surface area contributed by atoms with E-state index in [1.807, 2.05) is 6.92 Å². The van der Waals surface area contributed by atoms with E-state index in [9.17, 15) is 9.18 Å². The van der Waals surface area contributed by atoms with Crippen molar-refractivity contribution in [3.63, 3.8) is 0 Å². The lowest BCUT2D eigenvalue weighted by Gasteiger charge is -2.14. The number of halogens is 2. The Morgan fingerprint density at radius 2 is 2.31 bits per heavy atom. The normalized spacial score (nSPS) is 12.2. The molecule has 1 unspecified atom stereocenters. The van der Waals surface area contributed by atoms with Crippen molar-refractivity contribution in [2.45, 2.75) is 25.8 Å². The number of carbonyl (C=O) groups is 1. The topological polar surface area (TPSA) is 49.3 Å². The summed E-state index contributed by atoms with van der Waals surface area (Å²) in [6.45, 7) is 1.90. The van der Waals surface area contributed by atoms with Crippen molar-refractivity contribution in [2.75, 3.05) is 5.32 Å². The minimum absolute atomic E-state index is 0.361. The number of rotatable bonds is 5. The van der Waals surface area contributed by atoms with Gasteiger partial charge in [-0.1, -0.05) is 13.3 Å². The largest absolute Gasteiger partial charge is 0.480 e. The van der Waals surface area contributed by atoms with Gasteiger partial charge in [0.1, 0.15) is 11.9 Å². The van der Waals surface area contributed by atoms with Gasteiger partial charge in [-0.25, -0.2) is 9.18 Å². The third kappa shape index (κ3) is 3.48. The van der Waals surface area contributed by atoms with Gasteiger partial charge in [0.15, 0.2) is 0 Å². The van der Waals surface area contributed by atoms with Crippen LogP contribution in [0, 0.1) is 5.82 Å². The highest BCUT2D eigenvalue weighted by Gasteiger charge is 2.16. The molecule has 3 nitrogen and oxygen atoms in total. The van der Waals surface area contributed by atoms with Crippen LogP contribution < -0.4 is 5.32 Å². The van der Waals surface area contributed by atoms with E-state index in [-0.39, 0.29) is 0 Å². The van der Waals surface area contributed by atoms with Gasteiger partial charge in [-0.05, 0) is 40.5 Å². The maximum absolute atomic E-state index is 13.2. The van der Waals surface area contributed by atoms with Gasteiger partial charge in [0.2, 0.25) is 0 Å². The molecule has 1 aromatic carbocycles. The van der Waals surface area contributed by atoms with Gasteiger partial charge < -0.3 is 10.4 Å². The highest BCUT2D eigenvalue weighted by Crippen LogP contribution is 2.20. The summed E-state index contributed by atoms with van der Waals surface area (Å²) in [5.74, 6) is -1.34. The zero-order valence-electron chi connectivity index (χ0n) is 8.84. The standard InChI is InChI=1S/C11H13BrFNO2/c1-2-3-10(11(15)16)14-7-4-5-8(12)9(13)6-7/h4-6,10,14H,2-3H2,1H3,(H,15,16). The van der Waals surface area contributed by atoms with Gasteiger partial charge in [0, 0.05) is 5.69 Å². The van der Waals surface area contributed by atoms with Gasteiger partial charge in [-0.2, -0.15) is 0 Å². The molecule has 0 radical (unpaired) electrons. The van der Waals surface area contributed by atoms with Crippen LogP contribution in [0.15, 0.2) is 22.7 Å². The van der Waals surface area contributed by atoms with Crippen molar-refractivity contribution < 1.29 is 14.3 Å². The van der Waals surface area contributed by atoms with Crippen molar-refractivity contribution in [1.82, 2.24) is 0 Å². The summed E-state index contributed by atoms with van der Waals surface area (Å²) in [4.78, 5) is 10.9. The molecule has 0 spiro atoms. The van der Waals surface area contributed by atoms with Crippen molar-refractivity contribution in [3.05, 3.63) is 28.5 Å². The monoisotopic (exact) mass is 289 g/mol. The van der Waals surface area contributed by atoms with Gasteiger partial charge in [-0.3, -0.25) is 0 Å². The highest BCUT2D eigenvalue weighted by molar-refractivity contribution is 9.10. The van der Waals surface area contributed by atoms with E-state index in [1.54, 1.807) is 12.1 Å². The summed E-state index contributed by atoms with van der Waals surface area (Å²) >= 11 is 3.04. The Balaban J connectivity index is 2.77. The molecule has 0 aliphatic heterocycles. The quantitative estimate of drug-likeness (QED) is 0.875. The fourth-order valence-electron chi connectivity index (χ4n) is 1.33. The molecule has 0 heterocycles. The van der Waals surface area contributed by atoms with Crippen LogP contribution in [0.4, 0.5) is 10.1 Å². The average molecular weight is 290 g/mol. The summed E-state index contributed by atoms with van der Waals surface area (Å²) in [5.41, 5.74) is 0.474. The summed E-state index contributed by atoms with van der Waals surface area (Å²) < 4.78 is 13.5. The maximum atomic E-state index is 13.2. The Labute approximate surface area is 102 Å². The molecule has 1 aromatic rings. The Kier molecular flexibility index (Phi) is 4.73. The SMILES string of the molecule is CCCC(Nc1ccc(Br)c(F)c1)C(=O)O. The summed E-state index contributed by atoms with van der Waals surface area (Å²) in [7, 11) is 0. The van der Waals surface area contributed by atoms with Gasteiger partial charge in [-0.15, -0.1) is 0 Å². The van der Waals surface area contributed by atoms with Crippen LogP contribution in [-0.2, 0) is 4.79 Å². The summed E-state index contributed by atoms with van der Waals surface area (Å²) in [6.07, 6.45) is 1.26. The first-order chi connectivity index (χ1) is 7.54. The third-order valence-electron chi connectivity index (χ3n) is 2.14. The predicted molar refractivity (Wildman–Crippen MR) is 64.1 cm³/mol. The molecule has 0 aliphatic carbocycles. The maximum Gasteiger partial charge on any atom is 0.326 e. The number of carboxylic acids is 1. The number of carboxylic acid groups (broad SMARTS) is 1. The molecule has 0 aliphatic rings. The molecule has 0 saturated heterocycles. The Bertz CT molecular complexity index is 384. The molecular formula is C11H13BrFNO2. The smallest absolute Gasteiger partial charge is 0.326 e. The minimum Gasteiger partial charge on any atom is -0.480 e. The molecule has 88 valence electrons. The van der Waals surface area contributed by atoms with Gasteiger partial charge >= 0.3 is 5.97 Å². The molecule has 0 aromatic heterocycles. The van der Waals surface area contributed by atoms with Crippen molar-refractivity contribution in [3.8, 4) is 0 Å². The Morgan fingerprint density at radius 3 is 2.81 bits per heavy atom. The number of benzene rings is 1. The first-order valence-corrected chi connectivity index (χ1v) is 5.78. The van der Waals surface area contributed by atoms with Crippen LogP contribution in [0.2, 0.25) is 0 Å². The zero-order chi connectivity index (χ0) is 12.1. The fourth-order valence-corrected chi connectivity index (χ4v) is 1.58.